The number of para-hydroxylation sites is 1. The van der Waals surface area contributed by atoms with Crippen LogP contribution in [0.4, 0.5) is 0 Å². The first-order chi connectivity index (χ1) is 11.9. The van der Waals surface area contributed by atoms with Gasteiger partial charge in [-0.05, 0) is 45.7 Å². The standard InChI is InChI=1S/C20H27N3O2/c1-13(2)23-15(4)18(14(3)21-23)11-22(5)20(24)17-10-16-8-6-7-9-19(16)25-12-17/h6-9,13,17H,10-12H2,1-5H3/t17-/m1/s1. The van der Waals surface area contributed by atoms with E-state index in [0.29, 0.717) is 19.2 Å². The van der Waals surface area contributed by atoms with Crippen molar-refractivity contribution in [2.24, 2.45) is 5.92 Å². The molecule has 134 valence electrons. The Morgan fingerprint density at radius 2 is 2.08 bits per heavy atom. The zero-order chi connectivity index (χ0) is 18.1. The summed E-state index contributed by atoms with van der Waals surface area (Å²) in [5.41, 5.74) is 4.38. The average Bonchev–Trinajstić information content (AvgIpc) is 2.89. The van der Waals surface area contributed by atoms with Crippen molar-refractivity contribution in [2.75, 3.05) is 13.7 Å². The molecule has 1 amide bonds. The Morgan fingerprint density at radius 3 is 2.76 bits per heavy atom. The molecule has 0 unspecified atom stereocenters. The molecule has 1 aliphatic heterocycles. The van der Waals surface area contributed by atoms with Crippen molar-refractivity contribution in [2.45, 2.75) is 46.7 Å². The van der Waals surface area contributed by atoms with E-state index >= 15 is 0 Å². The molecule has 0 spiro atoms. The summed E-state index contributed by atoms with van der Waals surface area (Å²) in [5.74, 6) is 0.908. The smallest absolute Gasteiger partial charge is 0.229 e. The summed E-state index contributed by atoms with van der Waals surface area (Å²) >= 11 is 0. The highest BCUT2D eigenvalue weighted by Crippen LogP contribution is 2.28. The van der Waals surface area contributed by atoms with Gasteiger partial charge in [0.1, 0.15) is 12.4 Å². The van der Waals surface area contributed by atoms with Crippen LogP contribution in [0.2, 0.25) is 0 Å². The zero-order valence-electron chi connectivity index (χ0n) is 15.7. The number of nitrogens with zero attached hydrogens (tertiary/aromatic N) is 3. The Morgan fingerprint density at radius 1 is 1.36 bits per heavy atom. The van der Waals surface area contributed by atoms with Gasteiger partial charge in [0, 0.05) is 30.9 Å². The number of hydrogen-bond acceptors (Lipinski definition) is 3. The first-order valence-electron chi connectivity index (χ1n) is 8.88. The topological polar surface area (TPSA) is 47.4 Å². The number of aromatic nitrogens is 2. The highest BCUT2D eigenvalue weighted by Gasteiger charge is 2.29. The Kier molecular flexibility index (Phi) is 4.84. The fourth-order valence-corrected chi connectivity index (χ4v) is 3.54. The van der Waals surface area contributed by atoms with E-state index in [-0.39, 0.29) is 11.8 Å². The van der Waals surface area contributed by atoms with Gasteiger partial charge in [-0.25, -0.2) is 0 Å². The largest absolute Gasteiger partial charge is 0.492 e. The van der Waals surface area contributed by atoms with E-state index in [1.54, 1.807) is 0 Å². The lowest BCUT2D eigenvalue weighted by molar-refractivity contribution is -0.136. The molecule has 0 bridgehead atoms. The van der Waals surface area contributed by atoms with Crippen LogP contribution in [-0.2, 0) is 17.8 Å². The van der Waals surface area contributed by atoms with Crippen LogP contribution >= 0.6 is 0 Å². The molecular formula is C20H27N3O2. The predicted molar refractivity (Wildman–Crippen MR) is 97.7 cm³/mol. The second-order valence-corrected chi connectivity index (χ2v) is 7.20. The Balaban J connectivity index is 1.72. The molecule has 25 heavy (non-hydrogen) atoms. The molecule has 1 atom stereocenters. The van der Waals surface area contributed by atoms with E-state index in [4.69, 9.17) is 4.74 Å². The molecule has 1 aliphatic rings. The van der Waals surface area contributed by atoms with E-state index in [1.807, 2.05) is 47.8 Å². The molecule has 0 aliphatic carbocycles. The number of amides is 1. The summed E-state index contributed by atoms with van der Waals surface area (Å²) in [6.07, 6.45) is 0.739. The third kappa shape index (κ3) is 3.41. The Hall–Kier alpha value is -2.30. The van der Waals surface area contributed by atoms with Gasteiger partial charge in [0.25, 0.3) is 0 Å². The van der Waals surface area contributed by atoms with Gasteiger partial charge in [-0.1, -0.05) is 18.2 Å². The third-order valence-electron chi connectivity index (χ3n) is 4.96. The van der Waals surface area contributed by atoms with Gasteiger partial charge in [-0.15, -0.1) is 0 Å². The van der Waals surface area contributed by atoms with Crippen LogP contribution in [-0.4, -0.2) is 34.2 Å². The quantitative estimate of drug-likeness (QED) is 0.857. The van der Waals surface area contributed by atoms with Crippen LogP contribution in [0.25, 0.3) is 0 Å². The van der Waals surface area contributed by atoms with Crippen molar-refractivity contribution in [3.63, 3.8) is 0 Å². The average molecular weight is 341 g/mol. The highest BCUT2D eigenvalue weighted by atomic mass is 16.5. The fraction of sp³-hybridized carbons (Fsp3) is 0.500. The number of benzene rings is 1. The van der Waals surface area contributed by atoms with Gasteiger partial charge in [-0.3, -0.25) is 9.48 Å². The molecule has 0 saturated heterocycles. The number of ether oxygens (including phenoxy) is 1. The van der Waals surface area contributed by atoms with Crippen LogP contribution in [0.5, 0.6) is 5.75 Å². The second kappa shape index (κ2) is 6.90. The summed E-state index contributed by atoms with van der Waals surface area (Å²) in [4.78, 5) is 14.7. The SMILES string of the molecule is Cc1nn(C(C)C)c(C)c1CN(C)C(=O)[C@H]1COc2ccccc2C1. The van der Waals surface area contributed by atoms with Gasteiger partial charge in [0.05, 0.1) is 11.6 Å². The number of hydrogen-bond donors (Lipinski definition) is 0. The van der Waals surface area contributed by atoms with E-state index in [1.165, 1.54) is 0 Å². The molecule has 5 nitrogen and oxygen atoms in total. The van der Waals surface area contributed by atoms with Gasteiger partial charge >= 0.3 is 0 Å². The van der Waals surface area contributed by atoms with Gasteiger partial charge < -0.3 is 9.64 Å². The Labute approximate surface area is 149 Å². The predicted octanol–water partition coefficient (Wildman–Crippen LogP) is 3.29. The lowest BCUT2D eigenvalue weighted by atomic mass is 9.95. The Bertz CT molecular complexity index is 779. The summed E-state index contributed by atoms with van der Waals surface area (Å²) in [6, 6.07) is 8.27. The van der Waals surface area contributed by atoms with Crippen molar-refractivity contribution >= 4 is 5.91 Å². The zero-order valence-corrected chi connectivity index (χ0v) is 15.7. The van der Waals surface area contributed by atoms with E-state index in [9.17, 15) is 4.79 Å². The number of carbonyl (C=O) groups excluding carboxylic acids is 1. The minimum atomic E-state index is -0.124. The van der Waals surface area contributed by atoms with Crippen molar-refractivity contribution in [1.29, 1.82) is 0 Å². The summed E-state index contributed by atoms with van der Waals surface area (Å²) in [7, 11) is 1.87. The van der Waals surface area contributed by atoms with Crippen LogP contribution < -0.4 is 4.74 Å². The van der Waals surface area contributed by atoms with Crippen LogP contribution in [0, 0.1) is 19.8 Å². The minimum absolute atomic E-state index is 0.124. The lowest BCUT2D eigenvalue weighted by Gasteiger charge is -2.28. The number of carbonyl (C=O) groups is 1. The van der Waals surface area contributed by atoms with Crippen molar-refractivity contribution < 1.29 is 9.53 Å². The molecule has 0 fully saturated rings. The van der Waals surface area contributed by atoms with Crippen molar-refractivity contribution in [1.82, 2.24) is 14.7 Å². The van der Waals surface area contributed by atoms with Crippen molar-refractivity contribution in [3.8, 4) is 5.75 Å². The molecule has 0 saturated carbocycles. The summed E-state index contributed by atoms with van der Waals surface area (Å²) in [5, 5.41) is 4.62. The van der Waals surface area contributed by atoms with Crippen molar-refractivity contribution in [3.05, 3.63) is 46.8 Å². The number of aryl methyl sites for hydroxylation is 1. The van der Waals surface area contributed by atoms with Gasteiger partial charge in [0.2, 0.25) is 5.91 Å². The molecule has 2 aromatic rings. The van der Waals surface area contributed by atoms with Crippen LogP contribution in [0.3, 0.4) is 0 Å². The maximum Gasteiger partial charge on any atom is 0.229 e. The molecule has 2 heterocycles. The van der Waals surface area contributed by atoms with E-state index in [0.717, 1.165) is 34.7 Å². The first kappa shape index (κ1) is 17.5. The first-order valence-corrected chi connectivity index (χ1v) is 8.88. The fourth-order valence-electron chi connectivity index (χ4n) is 3.54. The molecule has 0 radical (unpaired) electrons. The van der Waals surface area contributed by atoms with E-state index in [2.05, 4.69) is 25.9 Å². The molecule has 0 N–H and O–H groups in total. The number of fused-ring (bicyclic) bond motifs is 1. The summed E-state index contributed by atoms with van der Waals surface area (Å²) in [6.45, 7) is 9.36. The van der Waals surface area contributed by atoms with Gasteiger partial charge in [0.15, 0.2) is 0 Å². The van der Waals surface area contributed by atoms with E-state index < -0.39 is 0 Å². The maximum atomic E-state index is 12.9. The second-order valence-electron chi connectivity index (χ2n) is 7.20. The highest BCUT2D eigenvalue weighted by molar-refractivity contribution is 5.79. The molecule has 5 heteroatoms. The minimum Gasteiger partial charge on any atom is -0.492 e. The number of rotatable bonds is 4. The third-order valence-corrected chi connectivity index (χ3v) is 4.96. The molecular weight excluding hydrogens is 314 g/mol. The molecule has 1 aromatic heterocycles. The molecule has 1 aromatic carbocycles. The summed E-state index contributed by atoms with van der Waals surface area (Å²) < 4.78 is 7.81. The maximum absolute atomic E-state index is 12.9. The molecule has 3 rings (SSSR count). The normalized spacial score (nSPS) is 16.5. The lowest BCUT2D eigenvalue weighted by Crippen LogP contribution is -2.38. The van der Waals surface area contributed by atoms with Crippen LogP contribution in [0.15, 0.2) is 24.3 Å². The monoisotopic (exact) mass is 341 g/mol. The van der Waals surface area contributed by atoms with Gasteiger partial charge in [-0.2, -0.15) is 5.10 Å². The van der Waals surface area contributed by atoms with Crippen LogP contribution in [0.1, 0.15) is 42.4 Å².